The Morgan fingerprint density at radius 2 is 1.67 bits per heavy atom. The third-order valence-electron chi connectivity index (χ3n) is 5.64. The number of hydrogen-bond donors (Lipinski definition) is 1. The number of para-hydroxylation sites is 2. The molecule has 4 rings (SSSR count). The number of amides is 2. The van der Waals surface area contributed by atoms with Crippen LogP contribution < -0.4 is 19.7 Å². The van der Waals surface area contributed by atoms with Crippen molar-refractivity contribution < 1.29 is 19.1 Å². The molecule has 168 valence electrons. The third kappa shape index (κ3) is 4.20. The highest BCUT2D eigenvalue weighted by atomic mass is 16.5. The van der Waals surface area contributed by atoms with E-state index in [-0.39, 0.29) is 5.70 Å². The van der Waals surface area contributed by atoms with Crippen molar-refractivity contribution in [1.29, 1.82) is 0 Å². The van der Waals surface area contributed by atoms with E-state index < -0.39 is 11.8 Å². The number of nitrogens with one attached hydrogen (secondary N) is 1. The van der Waals surface area contributed by atoms with E-state index in [1.807, 2.05) is 63.2 Å². The highest BCUT2D eigenvalue weighted by Gasteiger charge is 2.40. The second kappa shape index (κ2) is 9.20. The molecule has 6 nitrogen and oxygen atoms in total. The Balaban J connectivity index is 1.85. The Morgan fingerprint density at radius 1 is 0.879 bits per heavy atom. The molecule has 1 N–H and O–H groups in total. The molecule has 0 radical (unpaired) electrons. The largest absolute Gasteiger partial charge is 0.497 e. The number of carbonyl (C=O) groups excluding carboxylic acids is 2. The number of rotatable bonds is 7. The zero-order valence-electron chi connectivity index (χ0n) is 19.1. The van der Waals surface area contributed by atoms with Gasteiger partial charge in [-0.05, 0) is 61.7 Å². The molecule has 2 amide bonds. The Bertz CT molecular complexity index is 1260. The number of ether oxygens (including phenoxy) is 2. The maximum Gasteiger partial charge on any atom is 0.282 e. The molecule has 1 aliphatic heterocycles. The standard InChI is InChI=1S/C27H26N2O4/c1-5-33-23-12-7-6-11-22(23)28-25-24(19-14-13-17(2)18(3)15-19)26(30)29(27(25)31)20-9-8-10-21(16-20)32-4/h6-16,28H,5H2,1-4H3. The second-order valence-electron chi connectivity index (χ2n) is 7.75. The number of anilines is 2. The van der Waals surface area contributed by atoms with Crippen molar-refractivity contribution >= 4 is 28.8 Å². The van der Waals surface area contributed by atoms with Crippen LogP contribution in [0.25, 0.3) is 5.57 Å². The smallest absolute Gasteiger partial charge is 0.282 e. The van der Waals surface area contributed by atoms with Crippen LogP contribution in [0.4, 0.5) is 11.4 Å². The predicted octanol–water partition coefficient (Wildman–Crippen LogP) is 5.11. The van der Waals surface area contributed by atoms with Crippen LogP contribution in [0.5, 0.6) is 11.5 Å². The first-order chi connectivity index (χ1) is 15.9. The number of hydrogen-bond acceptors (Lipinski definition) is 5. The summed E-state index contributed by atoms with van der Waals surface area (Å²) in [4.78, 5) is 28.5. The highest BCUT2D eigenvalue weighted by Crippen LogP contribution is 2.36. The molecule has 0 atom stereocenters. The first-order valence-corrected chi connectivity index (χ1v) is 10.8. The van der Waals surface area contributed by atoms with Crippen LogP contribution in [0.2, 0.25) is 0 Å². The van der Waals surface area contributed by atoms with Crippen LogP contribution in [-0.4, -0.2) is 25.5 Å². The molecule has 0 bridgehead atoms. The number of aryl methyl sites for hydroxylation is 2. The molecule has 3 aromatic carbocycles. The van der Waals surface area contributed by atoms with Crippen LogP contribution in [0.3, 0.4) is 0 Å². The average Bonchev–Trinajstić information content (AvgIpc) is 3.06. The fraction of sp³-hybridized carbons (Fsp3) is 0.185. The second-order valence-corrected chi connectivity index (χ2v) is 7.75. The van der Waals surface area contributed by atoms with E-state index in [4.69, 9.17) is 9.47 Å². The topological polar surface area (TPSA) is 67.9 Å². The normalized spacial score (nSPS) is 13.5. The van der Waals surface area contributed by atoms with Gasteiger partial charge in [0.15, 0.2) is 0 Å². The highest BCUT2D eigenvalue weighted by molar-refractivity contribution is 6.46. The van der Waals surface area contributed by atoms with Crippen molar-refractivity contribution in [2.24, 2.45) is 0 Å². The SMILES string of the molecule is CCOc1ccccc1NC1=C(c2ccc(C)c(C)c2)C(=O)N(c2cccc(OC)c2)C1=O. The van der Waals surface area contributed by atoms with Crippen LogP contribution in [0.1, 0.15) is 23.6 Å². The van der Waals surface area contributed by atoms with E-state index >= 15 is 0 Å². The molecule has 1 aliphatic rings. The van der Waals surface area contributed by atoms with E-state index in [1.54, 1.807) is 31.4 Å². The fourth-order valence-electron chi connectivity index (χ4n) is 3.78. The summed E-state index contributed by atoms with van der Waals surface area (Å²) in [5.74, 6) is 0.330. The van der Waals surface area contributed by atoms with Gasteiger partial charge in [-0.25, -0.2) is 4.90 Å². The minimum atomic E-state index is -0.437. The molecule has 0 aliphatic carbocycles. The fourth-order valence-corrected chi connectivity index (χ4v) is 3.78. The van der Waals surface area contributed by atoms with Crippen molar-refractivity contribution in [3.05, 3.63) is 89.1 Å². The molecular formula is C27H26N2O4. The lowest BCUT2D eigenvalue weighted by Crippen LogP contribution is -2.32. The van der Waals surface area contributed by atoms with Crippen molar-refractivity contribution in [2.45, 2.75) is 20.8 Å². The lowest BCUT2D eigenvalue weighted by molar-refractivity contribution is -0.120. The summed E-state index contributed by atoms with van der Waals surface area (Å²) in [5.41, 5.74) is 4.41. The Kier molecular flexibility index (Phi) is 6.18. The summed E-state index contributed by atoms with van der Waals surface area (Å²) in [6.45, 7) is 6.36. The summed E-state index contributed by atoms with van der Waals surface area (Å²) in [6, 6.07) is 20.0. The van der Waals surface area contributed by atoms with Gasteiger partial charge in [0.2, 0.25) is 0 Å². The Morgan fingerprint density at radius 3 is 2.39 bits per heavy atom. The number of imide groups is 1. The van der Waals surface area contributed by atoms with Gasteiger partial charge in [0.05, 0.1) is 30.7 Å². The van der Waals surface area contributed by atoms with Crippen molar-refractivity contribution in [3.63, 3.8) is 0 Å². The van der Waals surface area contributed by atoms with E-state index in [0.717, 1.165) is 11.1 Å². The van der Waals surface area contributed by atoms with E-state index in [9.17, 15) is 9.59 Å². The average molecular weight is 443 g/mol. The summed E-state index contributed by atoms with van der Waals surface area (Å²) >= 11 is 0. The molecule has 0 saturated carbocycles. The quantitative estimate of drug-likeness (QED) is 0.515. The lowest BCUT2D eigenvalue weighted by Gasteiger charge is -2.17. The van der Waals surface area contributed by atoms with Gasteiger partial charge in [0.25, 0.3) is 11.8 Å². The molecule has 6 heteroatoms. The van der Waals surface area contributed by atoms with E-state index in [2.05, 4.69) is 5.32 Å². The lowest BCUT2D eigenvalue weighted by atomic mass is 9.99. The van der Waals surface area contributed by atoms with Gasteiger partial charge in [0, 0.05) is 6.07 Å². The van der Waals surface area contributed by atoms with E-state index in [1.165, 1.54) is 4.90 Å². The minimum Gasteiger partial charge on any atom is -0.497 e. The monoisotopic (exact) mass is 442 g/mol. The molecule has 0 fully saturated rings. The molecule has 0 saturated heterocycles. The third-order valence-corrected chi connectivity index (χ3v) is 5.64. The summed E-state index contributed by atoms with van der Waals surface area (Å²) in [6.07, 6.45) is 0. The van der Waals surface area contributed by atoms with Gasteiger partial charge in [-0.3, -0.25) is 9.59 Å². The maximum atomic E-state index is 13.7. The van der Waals surface area contributed by atoms with Crippen molar-refractivity contribution in [3.8, 4) is 11.5 Å². The van der Waals surface area contributed by atoms with Gasteiger partial charge < -0.3 is 14.8 Å². The van der Waals surface area contributed by atoms with Gasteiger partial charge in [0.1, 0.15) is 17.2 Å². The molecular weight excluding hydrogens is 416 g/mol. The van der Waals surface area contributed by atoms with Crippen molar-refractivity contribution in [1.82, 2.24) is 0 Å². The van der Waals surface area contributed by atoms with Crippen LogP contribution in [0.15, 0.2) is 72.4 Å². The molecule has 3 aromatic rings. The number of carbonyl (C=O) groups is 2. The summed E-state index contributed by atoms with van der Waals surface area (Å²) in [7, 11) is 1.54. The molecule has 0 unspecified atom stereocenters. The number of methoxy groups -OCH3 is 1. The van der Waals surface area contributed by atoms with Crippen LogP contribution in [-0.2, 0) is 9.59 Å². The van der Waals surface area contributed by atoms with E-state index in [0.29, 0.717) is 40.6 Å². The van der Waals surface area contributed by atoms with Gasteiger partial charge >= 0.3 is 0 Å². The van der Waals surface area contributed by atoms with Gasteiger partial charge in [-0.1, -0.05) is 36.4 Å². The van der Waals surface area contributed by atoms with Crippen molar-refractivity contribution in [2.75, 3.05) is 23.9 Å². The minimum absolute atomic E-state index is 0.207. The Labute approximate surface area is 193 Å². The zero-order chi connectivity index (χ0) is 23.5. The Hall–Kier alpha value is -4.06. The summed E-state index contributed by atoms with van der Waals surface area (Å²) in [5, 5.41) is 3.20. The first kappa shape index (κ1) is 22.1. The predicted molar refractivity (Wildman–Crippen MR) is 130 cm³/mol. The number of benzene rings is 3. The molecule has 0 aromatic heterocycles. The maximum absolute atomic E-state index is 13.7. The molecule has 0 spiro atoms. The van der Waals surface area contributed by atoms with Gasteiger partial charge in [-0.2, -0.15) is 0 Å². The zero-order valence-corrected chi connectivity index (χ0v) is 19.1. The molecule has 1 heterocycles. The summed E-state index contributed by atoms with van der Waals surface area (Å²) < 4.78 is 11.0. The first-order valence-electron chi connectivity index (χ1n) is 10.8. The van der Waals surface area contributed by atoms with Crippen LogP contribution >= 0.6 is 0 Å². The van der Waals surface area contributed by atoms with Crippen LogP contribution in [0, 0.1) is 13.8 Å². The number of nitrogens with zero attached hydrogens (tertiary/aromatic N) is 1. The molecule has 33 heavy (non-hydrogen) atoms. The van der Waals surface area contributed by atoms with Gasteiger partial charge in [-0.15, -0.1) is 0 Å².